The monoisotopic (exact) mass is 297 g/mol. The first-order valence-corrected chi connectivity index (χ1v) is 6.47. The van der Waals surface area contributed by atoms with Crippen LogP contribution in [0.25, 0.3) is 0 Å². The zero-order valence-electron chi connectivity index (χ0n) is 12.2. The van der Waals surface area contributed by atoms with Gasteiger partial charge in [0.05, 0.1) is 31.2 Å². The summed E-state index contributed by atoms with van der Waals surface area (Å²) in [4.78, 5) is 12.1. The van der Waals surface area contributed by atoms with Crippen LogP contribution in [0.4, 0.5) is 16.2 Å². The number of nitriles is 1. The molecule has 0 saturated carbocycles. The first-order chi connectivity index (χ1) is 10.7. The fraction of sp³-hybridized carbons (Fsp3) is 0.125. The number of rotatable bonds is 4. The molecule has 2 N–H and O–H groups in total. The normalized spacial score (nSPS) is 9.50. The molecule has 2 rings (SSSR count). The van der Waals surface area contributed by atoms with E-state index in [0.29, 0.717) is 28.4 Å². The van der Waals surface area contributed by atoms with Gasteiger partial charge >= 0.3 is 6.03 Å². The van der Waals surface area contributed by atoms with Crippen LogP contribution in [0, 0.1) is 11.3 Å². The van der Waals surface area contributed by atoms with E-state index in [4.69, 9.17) is 14.7 Å². The number of carbonyl (C=O) groups excluding carboxylic acids is 1. The minimum Gasteiger partial charge on any atom is -0.497 e. The molecular formula is C16H15N3O3. The maximum absolute atomic E-state index is 12.1. The van der Waals surface area contributed by atoms with Crippen LogP contribution in [0.2, 0.25) is 0 Å². The number of para-hydroxylation sites is 1. The van der Waals surface area contributed by atoms with Gasteiger partial charge in [0.1, 0.15) is 17.6 Å². The molecule has 0 bridgehead atoms. The molecule has 2 aromatic rings. The van der Waals surface area contributed by atoms with Crippen molar-refractivity contribution >= 4 is 17.4 Å². The summed E-state index contributed by atoms with van der Waals surface area (Å²) >= 11 is 0. The fourth-order valence-electron chi connectivity index (χ4n) is 1.87. The Labute approximate surface area is 128 Å². The summed E-state index contributed by atoms with van der Waals surface area (Å²) in [7, 11) is 3.05. The first-order valence-electron chi connectivity index (χ1n) is 6.47. The Hall–Kier alpha value is -3.20. The summed E-state index contributed by atoms with van der Waals surface area (Å²) < 4.78 is 10.3. The fourth-order valence-corrected chi connectivity index (χ4v) is 1.87. The molecule has 0 spiro atoms. The van der Waals surface area contributed by atoms with Gasteiger partial charge in [-0.15, -0.1) is 0 Å². The van der Waals surface area contributed by atoms with Crippen LogP contribution in [0.3, 0.4) is 0 Å². The molecule has 0 heterocycles. The van der Waals surface area contributed by atoms with Gasteiger partial charge in [-0.2, -0.15) is 5.26 Å². The van der Waals surface area contributed by atoms with Crippen LogP contribution >= 0.6 is 0 Å². The maximum atomic E-state index is 12.1. The minimum absolute atomic E-state index is 0.388. The van der Waals surface area contributed by atoms with E-state index in [2.05, 4.69) is 10.6 Å². The zero-order valence-corrected chi connectivity index (χ0v) is 12.2. The van der Waals surface area contributed by atoms with Gasteiger partial charge in [0.15, 0.2) is 0 Å². The third-order valence-corrected chi connectivity index (χ3v) is 2.95. The molecule has 0 fully saturated rings. The first kappa shape index (κ1) is 15.2. The van der Waals surface area contributed by atoms with E-state index < -0.39 is 6.03 Å². The van der Waals surface area contributed by atoms with Crippen molar-refractivity contribution in [3.8, 4) is 17.6 Å². The van der Waals surface area contributed by atoms with Crippen LogP contribution in [0.15, 0.2) is 42.5 Å². The topological polar surface area (TPSA) is 83.4 Å². The number of carbonyl (C=O) groups is 1. The molecule has 2 aromatic carbocycles. The predicted molar refractivity (Wildman–Crippen MR) is 83.3 cm³/mol. The number of urea groups is 1. The summed E-state index contributed by atoms with van der Waals surface area (Å²) in [6, 6.07) is 13.4. The van der Waals surface area contributed by atoms with Gasteiger partial charge in [0, 0.05) is 6.07 Å². The van der Waals surface area contributed by atoms with Crippen LogP contribution in [-0.2, 0) is 0 Å². The Kier molecular flexibility index (Phi) is 4.83. The van der Waals surface area contributed by atoms with Crippen molar-refractivity contribution in [3.05, 3.63) is 48.0 Å². The Morgan fingerprint density at radius 1 is 1.05 bits per heavy atom. The van der Waals surface area contributed by atoms with E-state index in [-0.39, 0.29) is 0 Å². The smallest absolute Gasteiger partial charge is 0.323 e. The molecule has 0 aliphatic carbocycles. The second kappa shape index (κ2) is 6.99. The van der Waals surface area contributed by atoms with Gasteiger partial charge < -0.3 is 20.1 Å². The van der Waals surface area contributed by atoms with Crippen molar-refractivity contribution in [2.45, 2.75) is 0 Å². The molecular weight excluding hydrogens is 282 g/mol. The van der Waals surface area contributed by atoms with Crippen LogP contribution in [0.5, 0.6) is 11.5 Å². The third kappa shape index (κ3) is 3.46. The third-order valence-electron chi connectivity index (χ3n) is 2.95. The molecule has 0 atom stereocenters. The molecule has 0 aromatic heterocycles. The van der Waals surface area contributed by atoms with E-state index in [1.165, 1.54) is 7.11 Å². The number of ether oxygens (including phenoxy) is 2. The van der Waals surface area contributed by atoms with Gasteiger partial charge in [-0.3, -0.25) is 0 Å². The van der Waals surface area contributed by atoms with E-state index in [9.17, 15) is 4.79 Å². The Morgan fingerprint density at radius 2 is 1.77 bits per heavy atom. The number of hydrogen-bond donors (Lipinski definition) is 2. The SMILES string of the molecule is COc1ccc(NC(=O)Nc2ccccc2C#N)c(OC)c1. The lowest BCUT2D eigenvalue weighted by Crippen LogP contribution is -2.20. The van der Waals surface area contributed by atoms with Gasteiger partial charge in [-0.25, -0.2) is 4.79 Å². The molecule has 0 unspecified atom stereocenters. The highest BCUT2D eigenvalue weighted by atomic mass is 16.5. The van der Waals surface area contributed by atoms with Gasteiger partial charge in [0.2, 0.25) is 0 Å². The van der Waals surface area contributed by atoms with Crippen LogP contribution < -0.4 is 20.1 Å². The largest absolute Gasteiger partial charge is 0.497 e. The molecule has 6 heteroatoms. The van der Waals surface area contributed by atoms with E-state index in [1.54, 1.807) is 49.6 Å². The predicted octanol–water partition coefficient (Wildman–Crippen LogP) is 3.22. The second-order valence-electron chi connectivity index (χ2n) is 4.30. The van der Waals surface area contributed by atoms with Crippen LogP contribution in [-0.4, -0.2) is 20.3 Å². The zero-order chi connectivity index (χ0) is 15.9. The number of hydrogen-bond acceptors (Lipinski definition) is 4. The summed E-state index contributed by atoms with van der Waals surface area (Å²) in [5.74, 6) is 1.10. The van der Waals surface area contributed by atoms with Crippen molar-refractivity contribution in [1.82, 2.24) is 0 Å². The quantitative estimate of drug-likeness (QED) is 0.907. The molecule has 6 nitrogen and oxygen atoms in total. The lowest BCUT2D eigenvalue weighted by Gasteiger charge is -2.12. The summed E-state index contributed by atoms with van der Waals surface area (Å²) in [5, 5.41) is 14.3. The maximum Gasteiger partial charge on any atom is 0.323 e. The molecule has 112 valence electrons. The second-order valence-corrected chi connectivity index (χ2v) is 4.30. The molecule has 0 aliphatic heterocycles. The highest BCUT2D eigenvalue weighted by Crippen LogP contribution is 2.29. The van der Waals surface area contributed by atoms with Crippen molar-refractivity contribution in [3.63, 3.8) is 0 Å². The number of benzene rings is 2. The minimum atomic E-state index is -0.467. The summed E-state index contributed by atoms with van der Waals surface area (Å²) in [6.45, 7) is 0. The average molecular weight is 297 g/mol. The molecule has 22 heavy (non-hydrogen) atoms. The summed E-state index contributed by atoms with van der Waals surface area (Å²) in [5.41, 5.74) is 1.32. The number of anilines is 2. The number of methoxy groups -OCH3 is 2. The highest BCUT2D eigenvalue weighted by Gasteiger charge is 2.10. The number of amides is 2. The van der Waals surface area contributed by atoms with E-state index in [1.807, 2.05) is 6.07 Å². The molecule has 0 radical (unpaired) electrons. The molecule has 2 amide bonds. The Bertz CT molecular complexity index is 723. The van der Waals surface area contributed by atoms with E-state index in [0.717, 1.165) is 0 Å². The lowest BCUT2D eigenvalue weighted by molar-refractivity contribution is 0.262. The summed E-state index contributed by atoms with van der Waals surface area (Å²) in [6.07, 6.45) is 0. The average Bonchev–Trinajstić information content (AvgIpc) is 2.55. The van der Waals surface area contributed by atoms with Gasteiger partial charge in [-0.05, 0) is 24.3 Å². The lowest BCUT2D eigenvalue weighted by atomic mass is 10.2. The standard InChI is InChI=1S/C16H15N3O3/c1-21-12-7-8-14(15(9-12)22-2)19-16(20)18-13-6-4-3-5-11(13)10-17/h3-9H,1-2H3,(H2,18,19,20). The van der Waals surface area contributed by atoms with E-state index >= 15 is 0 Å². The molecule has 0 saturated heterocycles. The van der Waals surface area contributed by atoms with Gasteiger partial charge in [0.25, 0.3) is 0 Å². The van der Waals surface area contributed by atoms with Crippen molar-refractivity contribution in [2.24, 2.45) is 0 Å². The number of nitrogens with zero attached hydrogens (tertiary/aromatic N) is 1. The van der Waals surface area contributed by atoms with Crippen LogP contribution in [0.1, 0.15) is 5.56 Å². The van der Waals surface area contributed by atoms with Gasteiger partial charge in [-0.1, -0.05) is 12.1 Å². The Morgan fingerprint density at radius 3 is 2.45 bits per heavy atom. The highest BCUT2D eigenvalue weighted by molar-refractivity contribution is 6.01. The molecule has 0 aliphatic rings. The van der Waals surface area contributed by atoms with Crippen molar-refractivity contribution in [2.75, 3.05) is 24.9 Å². The Balaban J connectivity index is 2.14. The van der Waals surface area contributed by atoms with Crippen molar-refractivity contribution in [1.29, 1.82) is 5.26 Å². The number of nitrogens with one attached hydrogen (secondary N) is 2. The van der Waals surface area contributed by atoms with Crippen molar-refractivity contribution < 1.29 is 14.3 Å².